The Hall–Kier alpha value is -1.99. The number of nitrogens with two attached hydrogens (primary N) is 1. The number of likely N-dealkylation sites (N-methyl/N-ethyl adjacent to an activating group) is 2. The molecule has 0 spiro atoms. The van der Waals surface area contributed by atoms with Crippen LogP contribution in [0.25, 0.3) is 11.6 Å². The molecule has 3 rings (SSSR count). The Morgan fingerprint density at radius 1 is 1.33 bits per heavy atom. The van der Waals surface area contributed by atoms with E-state index in [0.29, 0.717) is 23.3 Å². The van der Waals surface area contributed by atoms with Crippen molar-refractivity contribution in [2.24, 2.45) is 0 Å². The van der Waals surface area contributed by atoms with E-state index in [1.165, 1.54) is 0 Å². The van der Waals surface area contributed by atoms with Crippen LogP contribution in [0.3, 0.4) is 0 Å². The fourth-order valence-electron chi connectivity index (χ4n) is 2.51. The molecular weight excluding hydrogens is 268 g/mol. The smallest absolute Gasteiger partial charge is 0.276 e. The molecule has 112 valence electrons. The minimum atomic E-state index is 0.411. The highest BCUT2D eigenvalue weighted by molar-refractivity contribution is 5.50. The Kier molecular flexibility index (Phi) is 3.85. The van der Waals surface area contributed by atoms with E-state index in [-0.39, 0.29) is 0 Å². The molecule has 1 fully saturated rings. The standard InChI is InChI=1S/C14H20N6O/c1-19-5-6-20(2)11(9-19)7-13-17-14(21-18-13)12-4-3-10(15)8-16-12/h3-4,8,11H,5-7,9,15H2,1-2H3. The average Bonchev–Trinajstić information content (AvgIpc) is 2.92. The van der Waals surface area contributed by atoms with E-state index in [4.69, 9.17) is 10.3 Å². The van der Waals surface area contributed by atoms with Crippen LogP contribution in [0.2, 0.25) is 0 Å². The van der Waals surface area contributed by atoms with Gasteiger partial charge in [0.1, 0.15) is 5.69 Å². The van der Waals surface area contributed by atoms with Crippen molar-refractivity contribution in [2.75, 3.05) is 39.5 Å². The number of anilines is 1. The first-order chi connectivity index (χ1) is 10.1. The Bertz CT molecular complexity index is 596. The lowest BCUT2D eigenvalue weighted by Gasteiger charge is -2.37. The van der Waals surface area contributed by atoms with Crippen molar-refractivity contribution in [3.8, 4) is 11.6 Å². The Labute approximate surface area is 123 Å². The maximum Gasteiger partial charge on any atom is 0.276 e. The molecule has 0 bridgehead atoms. The molecule has 0 radical (unpaired) electrons. The maximum absolute atomic E-state index is 5.62. The molecule has 1 aliphatic heterocycles. The predicted molar refractivity (Wildman–Crippen MR) is 79.6 cm³/mol. The molecule has 1 aliphatic rings. The van der Waals surface area contributed by atoms with Gasteiger partial charge in [0.25, 0.3) is 5.89 Å². The normalized spacial score (nSPS) is 20.8. The zero-order valence-electron chi connectivity index (χ0n) is 12.4. The summed E-state index contributed by atoms with van der Waals surface area (Å²) in [4.78, 5) is 13.3. The number of nitrogens with zero attached hydrogens (tertiary/aromatic N) is 5. The van der Waals surface area contributed by atoms with Crippen LogP contribution in [0.15, 0.2) is 22.9 Å². The highest BCUT2D eigenvalue weighted by Crippen LogP contribution is 2.17. The minimum absolute atomic E-state index is 0.411. The van der Waals surface area contributed by atoms with Gasteiger partial charge in [-0.15, -0.1) is 0 Å². The van der Waals surface area contributed by atoms with E-state index >= 15 is 0 Å². The first-order valence-corrected chi connectivity index (χ1v) is 7.05. The zero-order chi connectivity index (χ0) is 14.8. The second-order valence-electron chi connectivity index (χ2n) is 5.59. The highest BCUT2D eigenvalue weighted by atomic mass is 16.5. The van der Waals surface area contributed by atoms with Crippen molar-refractivity contribution in [1.29, 1.82) is 0 Å². The Morgan fingerprint density at radius 2 is 2.19 bits per heavy atom. The highest BCUT2D eigenvalue weighted by Gasteiger charge is 2.24. The third-order valence-electron chi connectivity index (χ3n) is 3.87. The largest absolute Gasteiger partial charge is 0.397 e. The summed E-state index contributed by atoms with van der Waals surface area (Å²) < 4.78 is 5.30. The fraction of sp³-hybridized carbons (Fsp3) is 0.500. The number of aromatic nitrogens is 3. The predicted octanol–water partition coefficient (Wildman–Crippen LogP) is 0.502. The minimum Gasteiger partial charge on any atom is -0.397 e. The van der Waals surface area contributed by atoms with Gasteiger partial charge in [0.05, 0.1) is 11.9 Å². The van der Waals surface area contributed by atoms with E-state index in [1.54, 1.807) is 18.3 Å². The van der Waals surface area contributed by atoms with Crippen molar-refractivity contribution >= 4 is 5.69 Å². The van der Waals surface area contributed by atoms with E-state index < -0.39 is 0 Å². The number of hydrogen-bond donors (Lipinski definition) is 1. The SMILES string of the molecule is CN1CCN(C)C(Cc2noc(-c3ccc(N)cn3)n2)C1. The van der Waals surface area contributed by atoms with Gasteiger partial charge in [-0.25, -0.2) is 4.98 Å². The Morgan fingerprint density at radius 3 is 2.95 bits per heavy atom. The molecule has 0 saturated carbocycles. The summed E-state index contributed by atoms with van der Waals surface area (Å²) in [5.41, 5.74) is 6.89. The van der Waals surface area contributed by atoms with E-state index in [0.717, 1.165) is 31.9 Å². The van der Waals surface area contributed by atoms with Gasteiger partial charge >= 0.3 is 0 Å². The van der Waals surface area contributed by atoms with Crippen molar-refractivity contribution in [2.45, 2.75) is 12.5 Å². The molecule has 7 heteroatoms. The summed E-state index contributed by atoms with van der Waals surface area (Å²) in [5.74, 6) is 1.16. The molecule has 3 heterocycles. The lowest BCUT2D eigenvalue weighted by atomic mass is 10.1. The summed E-state index contributed by atoms with van der Waals surface area (Å²) in [6.07, 6.45) is 2.36. The van der Waals surface area contributed by atoms with Gasteiger partial charge in [-0.3, -0.25) is 0 Å². The first-order valence-electron chi connectivity index (χ1n) is 7.05. The second-order valence-corrected chi connectivity index (χ2v) is 5.59. The van der Waals surface area contributed by atoms with Crippen LogP contribution >= 0.6 is 0 Å². The van der Waals surface area contributed by atoms with Crippen LogP contribution in [-0.4, -0.2) is 64.7 Å². The zero-order valence-corrected chi connectivity index (χ0v) is 12.4. The van der Waals surface area contributed by atoms with Crippen molar-refractivity contribution in [3.63, 3.8) is 0 Å². The fourth-order valence-corrected chi connectivity index (χ4v) is 2.51. The van der Waals surface area contributed by atoms with Crippen LogP contribution in [0, 0.1) is 0 Å². The number of nitrogen functional groups attached to an aromatic ring is 1. The molecule has 7 nitrogen and oxygen atoms in total. The number of piperazine rings is 1. The van der Waals surface area contributed by atoms with Crippen molar-refractivity contribution in [1.82, 2.24) is 24.9 Å². The monoisotopic (exact) mass is 288 g/mol. The van der Waals surface area contributed by atoms with Crippen molar-refractivity contribution < 1.29 is 4.52 Å². The molecule has 0 amide bonds. The number of pyridine rings is 1. The van der Waals surface area contributed by atoms with E-state index in [9.17, 15) is 0 Å². The Balaban J connectivity index is 1.71. The third-order valence-corrected chi connectivity index (χ3v) is 3.87. The summed E-state index contributed by atoms with van der Waals surface area (Å²) in [5, 5.41) is 4.07. The summed E-state index contributed by atoms with van der Waals surface area (Å²) in [6.45, 7) is 3.17. The van der Waals surface area contributed by atoms with Crippen LogP contribution in [0.4, 0.5) is 5.69 Å². The maximum atomic E-state index is 5.62. The molecule has 1 unspecified atom stereocenters. The van der Waals surface area contributed by atoms with E-state index in [1.807, 2.05) is 0 Å². The van der Waals surface area contributed by atoms with Crippen LogP contribution in [-0.2, 0) is 6.42 Å². The van der Waals surface area contributed by atoms with Gasteiger partial charge in [-0.2, -0.15) is 4.98 Å². The lowest BCUT2D eigenvalue weighted by molar-refractivity contribution is 0.113. The van der Waals surface area contributed by atoms with Gasteiger partial charge in [0, 0.05) is 32.1 Å². The van der Waals surface area contributed by atoms with Crippen molar-refractivity contribution in [3.05, 3.63) is 24.2 Å². The summed E-state index contributed by atoms with van der Waals surface area (Å²) in [7, 11) is 4.28. The summed E-state index contributed by atoms with van der Waals surface area (Å²) >= 11 is 0. The van der Waals surface area contributed by atoms with Crippen LogP contribution in [0.1, 0.15) is 5.82 Å². The van der Waals surface area contributed by atoms with Crippen LogP contribution in [0.5, 0.6) is 0 Å². The molecule has 2 aromatic rings. The van der Waals surface area contributed by atoms with Gasteiger partial charge in [0.15, 0.2) is 5.82 Å². The average molecular weight is 288 g/mol. The van der Waals surface area contributed by atoms with Crippen LogP contribution < -0.4 is 5.73 Å². The lowest BCUT2D eigenvalue weighted by Crippen LogP contribution is -2.50. The molecule has 2 N–H and O–H groups in total. The molecular formula is C14H20N6O. The first kappa shape index (κ1) is 14.0. The number of rotatable bonds is 3. The molecule has 21 heavy (non-hydrogen) atoms. The molecule has 1 atom stereocenters. The quantitative estimate of drug-likeness (QED) is 0.880. The molecule has 0 aliphatic carbocycles. The van der Waals surface area contributed by atoms with Gasteiger partial charge in [-0.05, 0) is 26.2 Å². The topological polar surface area (TPSA) is 84.3 Å². The van der Waals surface area contributed by atoms with Gasteiger partial charge in [-0.1, -0.05) is 5.16 Å². The summed E-state index contributed by atoms with van der Waals surface area (Å²) in [6, 6.07) is 3.97. The molecule has 0 aromatic carbocycles. The van der Waals surface area contributed by atoms with E-state index in [2.05, 4.69) is 39.0 Å². The molecule has 1 saturated heterocycles. The van der Waals surface area contributed by atoms with Gasteiger partial charge in [0.2, 0.25) is 0 Å². The van der Waals surface area contributed by atoms with Gasteiger partial charge < -0.3 is 20.1 Å². The number of hydrogen-bond acceptors (Lipinski definition) is 7. The third kappa shape index (κ3) is 3.20. The molecule has 2 aromatic heterocycles. The second kappa shape index (κ2) is 5.79.